The van der Waals surface area contributed by atoms with Gasteiger partial charge in [-0.05, 0) is 29.0 Å². The fourth-order valence-electron chi connectivity index (χ4n) is 3.94. The van der Waals surface area contributed by atoms with Crippen LogP contribution in [0.25, 0.3) is 10.8 Å². The summed E-state index contributed by atoms with van der Waals surface area (Å²) in [6, 6.07) is 21.2. The summed E-state index contributed by atoms with van der Waals surface area (Å²) in [5, 5.41) is 14.0. The largest absolute Gasteiger partial charge is 0.402 e. The molecule has 0 bridgehead atoms. The van der Waals surface area contributed by atoms with E-state index in [1.54, 1.807) is 12.3 Å². The average Bonchev–Trinajstić information content (AvgIpc) is 3.20. The maximum atomic E-state index is 12.5. The lowest BCUT2D eigenvalue weighted by Gasteiger charge is -2.35. The van der Waals surface area contributed by atoms with Crippen molar-refractivity contribution in [1.82, 2.24) is 9.80 Å². The smallest absolute Gasteiger partial charge is 0.365 e. The van der Waals surface area contributed by atoms with Gasteiger partial charge in [-0.1, -0.05) is 60.1 Å². The van der Waals surface area contributed by atoms with Crippen molar-refractivity contribution in [2.24, 2.45) is 4.99 Å². The first-order valence-corrected chi connectivity index (χ1v) is 11.1. The summed E-state index contributed by atoms with van der Waals surface area (Å²) in [7, 11) is 0. The predicted molar refractivity (Wildman–Crippen MR) is 138 cm³/mol. The number of nitrogens with zero attached hydrogens (tertiary/aromatic N) is 3. The number of ether oxygens (including phenoxy) is 1. The Morgan fingerprint density at radius 1 is 1.00 bits per heavy atom. The number of carbonyl (C=O) groups excluding carboxylic acids is 1. The van der Waals surface area contributed by atoms with Gasteiger partial charge >= 0.3 is 5.97 Å². The van der Waals surface area contributed by atoms with Crippen LogP contribution in [0.3, 0.4) is 0 Å². The minimum absolute atomic E-state index is 0. The molecule has 0 atom stereocenters. The molecule has 3 aromatic carbocycles. The molecule has 1 fully saturated rings. The number of hydrogen-bond acceptors (Lipinski definition) is 5. The maximum absolute atomic E-state index is 12.5. The van der Waals surface area contributed by atoms with E-state index in [0.717, 1.165) is 16.3 Å². The molecule has 3 aromatic rings. The molecule has 2 N–H and O–H groups in total. The van der Waals surface area contributed by atoms with E-state index >= 15 is 0 Å². The highest BCUT2D eigenvalue weighted by Gasteiger charge is 2.27. The van der Waals surface area contributed by atoms with Crippen LogP contribution < -0.4 is 5.32 Å². The molecule has 0 spiro atoms. The van der Waals surface area contributed by atoms with Crippen LogP contribution in [0, 0.1) is 5.41 Å². The molecule has 0 saturated carbocycles. The van der Waals surface area contributed by atoms with Gasteiger partial charge in [-0.3, -0.25) is 5.41 Å². The lowest BCUT2D eigenvalue weighted by molar-refractivity contribution is -0.130. The molecule has 7 nitrogen and oxygen atoms in total. The highest BCUT2D eigenvalue weighted by atomic mass is 35.5. The van der Waals surface area contributed by atoms with Crippen molar-refractivity contribution < 1.29 is 9.53 Å². The number of halogens is 2. The molecule has 2 aliphatic heterocycles. The second-order valence-electron chi connectivity index (χ2n) is 7.82. The first-order chi connectivity index (χ1) is 16.1. The predicted octanol–water partition coefficient (Wildman–Crippen LogP) is 4.72. The molecule has 0 aromatic heterocycles. The summed E-state index contributed by atoms with van der Waals surface area (Å²) >= 11 is 6.18. The third kappa shape index (κ3) is 4.85. The van der Waals surface area contributed by atoms with Crippen molar-refractivity contribution in [1.29, 1.82) is 5.41 Å². The van der Waals surface area contributed by atoms with Crippen LogP contribution >= 0.6 is 24.0 Å². The first kappa shape index (κ1) is 23.6. The van der Waals surface area contributed by atoms with Gasteiger partial charge in [0.15, 0.2) is 11.7 Å². The number of piperazine rings is 1. The van der Waals surface area contributed by atoms with Crippen molar-refractivity contribution in [3.05, 3.63) is 89.2 Å². The number of fused-ring (bicyclic) bond motifs is 1. The normalized spacial score (nSPS) is 16.8. The molecule has 0 aliphatic carbocycles. The Labute approximate surface area is 208 Å². The second kappa shape index (κ2) is 10.2. The number of cyclic esters (lactones) is 1. The van der Waals surface area contributed by atoms with Gasteiger partial charge in [0.1, 0.15) is 0 Å². The number of benzene rings is 3. The van der Waals surface area contributed by atoms with E-state index in [9.17, 15) is 4.79 Å². The van der Waals surface area contributed by atoms with Crippen molar-refractivity contribution in [2.45, 2.75) is 0 Å². The number of carbonyl (C=O) groups is 1. The standard InChI is InChI=1S/C25H22ClN5O2.ClH/c26-20-10-3-4-11-21(20)29-25(27)31-14-12-30(13-15-31)16-22-24(32)33-23(28-22)19-9-5-7-17-6-1-2-8-18(17)19;/h1-11,16H,12-15H2,(H2,27,29);1H. The number of guanidine groups is 1. The van der Waals surface area contributed by atoms with Crippen LogP contribution in [0.2, 0.25) is 5.02 Å². The van der Waals surface area contributed by atoms with Crippen molar-refractivity contribution in [3.8, 4) is 0 Å². The Morgan fingerprint density at radius 2 is 1.71 bits per heavy atom. The summed E-state index contributed by atoms with van der Waals surface area (Å²) in [4.78, 5) is 20.9. The SMILES string of the molecule is Cl.N=C(Nc1ccccc1Cl)N1CCN(C=C2N=C(c3cccc4ccccc34)OC2=O)CC1. The lowest BCUT2D eigenvalue weighted by atomic mass is 10.0. The number of anilines is 1. The second-order valence-corrected chi connectivity index (χ2v) is 8.23. The summed E-state index contributed by atoms with van der Waals surface area (Å²) in [5.74, 6) is 0.174. The number of esters is 1. The molecule has 1 saturated heterocycles. The van der Waals surface area contributed by atoms with Crippen molar-refractivity contribution in [2.75, 3.05) is 31.5 Å². The Hall–Kier alpha value is -3.55. The molecular weight excluding hydrogens is 473 g/mol. The minimum Gasteiger partial charge on any atom is -0.402 e. The number of hydrogen-bond donors (Lipinski definition) is 2. The molecule has 2 heterocycles. The van der Waals surface area contributed by atoms with E-state index in [1.807, 2.05) is 70.5 Å². The maximum Gasteiger partial charge on any atom is 0.365 e. The molecule has 0 radical (unpaired) electrons. The zero-order valence-corrected chi connectivity index (χ0v) is 19.8. The van der Waals surface area contributed by atoms with Gasteiger partial charge in [0.25, 0.3) is 0 Å². The molecule has 5 rings (SSSR count). The summed E-state index contributed by atoms with van der Waals surface area (Å²) < 4.78 is 5.50. The highest BCUT2D eigenvalue weighted by Crippen LogP contribution is 2.24. The van der Waals surface area contributed by atoms with Crippen LogP contribution in [0.1, 0.15) is 5.56 Å². The van der Waals surface area contributed by atoms with Crippen LogP contribution in [-0.2, 0) is 9.53 Å². The number of nitrogens with one attached hydrogen (secondary N) is 2. The van der Waals surface area contributed by atoms with Gasteiger partial charge < -0.3 is 19.9 Å². The fourth-order valence-corrected chi connectivity index (χ4v) is 4.13. The monoisotopic (exact) mass is 495 g/mol. The molecule has 2 aliphatic rings. The number of para-hydroxylation sites is 1. The van der Waals surface area contributed by atoms with Crippen LogP contribution in [0.5, 0.6) is 0 Å². The number of aliphatic imine (C=N–C) groups is 1. The van der Waals surface area contributed by atoms with Crippen molar-refractivity contribution >= 4 is 58.3 Å². The topological polar surface area (TPSA) is 81.0 Å². The fraction of sp³-hybridized carbons (Fsp3) is 0.160. The Bertz CT molecular complexity index is 1290. The Balaban J connectivity index is 0.00000274. The van der Waals surface area contributed by atoms with Crippen LogP contribution in [0.4, 0.5) is 5.69 Å². The van der Waals surface area contributed by atoms with Gasteiger partial charge in [-0.2, -0.15) is 0 Å². The third-order valence-electron chi connectivity index (χ3n) is 5.70. The highest BCUT2D eigenvalue weighted by molar-refractivity contribution is 6.33. The Kier molecular flexibility index (Phi) is 7.05. The summed E-state index contributed by atoms with van der Waals surface area (Å²) in [6.45, 7) is 2.58. The summed E-state index contributed by atoms with van der Waals surface area (Å²) in [6.07, 6.45) is 1.75. The minimum atomic E-state index is -0.450. The van der Waals surface area contributed by atoms with E-state index in [1.165, 1.54) is 0 Å². The van der Waals surface area contributed by atoms with E-state index in [4.69, 9.17) is 21.7 Å². The van der Waals surface area contributed by atoms with Crippen LogP contribution in [-0.4, -0.2) is 53.8 Å². The van der Waals surface area contributed by atoms with Gasteiger partial charge in [0.2, 0.25) is 5.90 Å². The average molecular weight is 496 g/mol. The molecule has 174 valence electrons. The van der Waals surface area contributed by atoms with E-state index < -0.39 is 5.97 Å². The van der Waals surface area contributed by atoms with E-state index in [-0.39, 0.29) is 18.1 Å². The van der Waals surface area contributed by atoms with Gasteiger partial charge in [0.05, 0.1) is 10.7 Å². The van der Waals surface area contributed by atoms with E-state index in [2.05, 4.69) is 10.3 Å². The van der Waals surface area contributed by atoms with E-state index in [0.29, 0.717) is 48.7 Å². The molecular formula is C25H23Cl2N5O2. The zero-order chi connectivity index (χ0) is 22.8. The summed E-state index contributed by atoms with van der Waals surface area (Å²) in [5.41, 5.74) is 1.79. The van der Waals surface area contributed by atoms with Crippen LogP contribution in [0.15, 0.2) is 83.6 Å². The first-order valence-electron chi connectivity index (χ1n) is 10.7. The van der Waals surface area contributed by atoms with Gasteiger partial charge in [0, 0.05) is 37.9 Å². The Morgan fingerprint density at radius 3 is 2.50 bits per heavy atom. The molecule has 0 unspecified atom stereocenters. The molecule has 9 heteroatoms. The zero-order valence-electron chi connectivity index (χ0n) is 18.2. The lowest BCUT2D eigenvalue weighted by Crippen LogP contribution is -2.48. The number of rotatable bonds is 3. The quantitative estimate of drug-likeness (QED) is 0.237. The molecule has 0 amide bonds. The third-order valence-corrected chi connectivity index (χ3v) is 6.03. The van der Waals surface area contributed by atoms with Gasteiger partial charge in [-0.25, -0.2) is 9.79 Å². The van der Waals surface area contributed by atoms with Crippen molar-refractivity contribution in [3.63, 3.8) is 0 Å². The van der Waals surface area contributed by atoms with Gasteiger partial charge in [-0.15, -0.1) is 12.4 Å². The molecule has 34 heavy (non-hydrogen) atoms.